The highest BCUT2D eigenvalue weighted by atomic mass is 35.5. The first kappa shape index (κ1) is 15.9. The maximum Gasteiger partial charge on any atom is 0.261 e. The van der Waals surface area contributed by atoms with Crippen molar-refractivity contribution in [2.75, 3.05) is 11.4 Å². The summed E-state index contributed by atoms with van der Waals surface area (Å²) in [5.41, 5.74) is 4.88. The second-order valence-electron chi connectivity index (χ2n) is 6.35. The van der Waals surface area contributed by atoms with Crippen LogP contribution >= 0.6 is 11.6 Å². The second-order valence-corrected chi connectivity index (χ2v) is 6.78. The molecule has 25 heavy (non-hydrogen) atoms. The van der Waals surface area contributed by atoms with Crippen molar-refractivity contribution in [3.63, 3.8) is 0 Å². The Morgan fingerprint density at radius 3 is 2.92 bits per heavy atom. The van der Waals surface area contributed by atoms with E-state index in [4.69, 9.17) is 11.6 Å². The van der Waals surface area contributed by atoms with Crippen LogP contribution in [0, 0.1) is 6.92 Å². The molecule has 3 aromatic rings. The van der Waals surface area contributed by atoms with Gasteiger partial charge in [-0.25, -0.2) is 4.68 Å². The number of aromatic nitrogens is 2. The Bertz CT molecular complexity index is 948. The number of hydrogen-bond acceptors (Lipinski definition) is 2. The molecule has 0 unspecified atom stereocenters. The van der Waals surface area contributed by atoms with Crippen LogP contribution in [0.2, 0.25) is 5.02 Å². The molecule has 5 heteroatoms. The Labute approximate surface area is 151 Å². The topological polar surface area (TPSA) is 38.1 Å². The fourth-order valence-corrected chi connectivity index (χ4v) is 3.47. The summed E-state index contributed by atoms with van der Waals surface area (Å²) in [5.74, 6) is -0.0157. The molecule has 0 saturated heterocycles. The normalized spacial score (nSPS) is 13.6. The number of halogens is 1. The lowest BCUT2D eigenvalue weighted by molar-refractivity contribution is 0.0985. The van der Waals surface area contributed by atoms with Crippen molar-refractivity contribution in [2.45, 2.75) is 19.8 Å². The van der Waals surface area contributed by atoms with E-state index in [1.807, 2.05) is 35.2 Å². The Balaban J connectivity index is 1.65. The first-order chi connectivity index (χ1) is 12.1. The summed E-state index contributed by atoms with van der Waals surface area (Å²) in [5, 5.41) is 4.96. The van der Waals surface area contributed by atoms with E-state index in [1.165, 1.54) is 11.1 Å². The summed E-state index contributed by atoms with van der Waals surface area (Å²) in [6, 6.07) is 13.7. The van der Waals surface area contributed by atoms with Gasteiger partial charge in [-0.2, -0.15) is 5.10 Å². The van der Waals surface area contributed by atoms with Crippen molar-refractivity contribution in [2.24, 2.45) is 0 Å². The molecule has 0 fully saturated rings. The summed E-state index contributed by atoms with van der Waals surface area (Å²) in [4.78, 5) is 14.9. The van der Waals surface area contributed by atoms with Gasteiger partial charge in [-0.15, -0.1) is 0 Å². The highest BCUT2D eigenvalue weighted by molar-refractivity contribution is 6.30. The summed E-state index contributed by atoms with van der Waals surface area (Å²) < 4.78 is 1.68. The van der Waals surface area contributed by atoms with Crippen molar-refractivity contribution in [3.05, 3.63) is 76.6 Å². The highest BCUT2D eigenvalue weighted by Gasteiger charge is 2.24. The van der Waals surface area contributed by atoms with Crippen LogP contribution in [-0.2, 0) is 6.42 Å². The minimum absolute atomic E-state index is 0.0157. The molecule has 0 aliphatic carbocycles. The van der Waals surface area contributed by atoms with Crippen LogP contribution in [0.25, 0.3) is 5.69 Å². The van der Waals surface area contributed by atoms with E-state index in [2.05, 4.69) is 24.2 Å². The minimum atomic E-state index is -0.0157. The molecule has 0 atom stereocenters. The van der Waals surface area contributed by atoms with Crippen molar-refractivity contribution in [1.29, 1.82) is 0 Å². The molecule has 2 heterocycles. The molecule has 2 aromatic carbocycles. The van der Waals surface area contributed by atoms with Crippen LogP contribution < -0.4 is 4.90 Å². The molecule has 4 nitrogen and oxygen atoms in total. The summed E-state index contributed by atoms with van der Waals surface area (Å²) in [6.45, 7) is 2.81. The van der Waals surface area contributed by atoms with Gasteiger partial charge in [0.15, 0.2) is 0 Å². The summed E-state index contributed by atoms with van der Waals surface area (Å²) in [7, 11) is 0. The van der Waals surface area contributed by atoms with Crippen molar-refractivity contribution in [1.82, 2.24) is 9.78 Å². The van der Waals surface area contributed by atoms with Crippen LogP contribution in [0.15, 0.2) is 54.9 Å². The second kappa shape index (κ2) is 6.37. The average Bonchev–Trinajstić information content (AvgIpc) is 3.10. The summed E-state index contributed by atoms with van der Waals surface area (Å²) in [6.07, 6.45) is 5.37. The van der Waals surface area contributed by atoms with Gasteiger partial charge < -0.3 is 4.90 Å². The number of carbonyl (C=O) groups excluding carboxylic acids is 1. The molecular formula is C20H18ClN3O. The Morgan fingerprint density at radius 1 is 1.20 bits per heavy atom. The third-order valence-electron chi connectivity index (χ3n) is 4.50. The van der Waals surface area contributed by atoms with E-state index in [-0.39, 0.29) is 5.91 Å². The van der Waals surface area contributed by atoms with Crippen LogP contribution in [0.1, 0.15) is 27.9 Å². The molecule has 0 radical (unpaired) electrons. The molecule has 1 aromatic heterocycles. The third-order valence-corrected chi connectivity index (χ3v) is 4.74. The third kappa shape index (κ3) is 3.05. The SMILES string of the molecule is Cc1ccc2c(c1)CCCN2C(=O)c1cnn(-c2cccc(Cl)c2)c1. The lowest BCUT2D eigenvalue weighted by Gasteiger charge is -2.29. The fraction of sp³-hybridized carbons (Fsp3) is 0.200. The molecular weight excluding hydrogens is 334 g/mol. The number of benzene rings is 2. The largest absolute Gasteiger partial charge is 0.308 e. The van der Waals surface area contributed by atoms with E-state index in [0.717, 1.165) is 30.8 Å². The molecule has 4 rings (SSSR count). The van der Waals surface area contributed by atoms with E-state index in [9.17, 15) is 4.79 Å². The maximum absolute atomic E-state index is 13.0. The van der Waals surface area contributed by atoms with Gasteiger partial charge >= 0.3 is 0 Å². The Kier molecular flexibility index (Phi) is 4.06. The molecule has 126 valence electrons. The van der Waals surface area contributed by atoms with Crippen LogP contribution in [0.5, 0.6) is 0 Å². The minimum Gasteiger partial charge on any atom is -0.308 e. The monoisotopic (exact) mass is 351 g/mol. The molecule has 0 N–H and O–H groups in total. The zero-order valence-corrected chi connectivity index (χ0v) is 14.7. The number of carbonyl (C=O) groups is 1. The number of aryl methyl sites for hydroxylation is 2. The predicted molar refractivity (Wildman–Crippen MR) is 99.8 cm³/mol. The molecule has 0 saturated carbocycles. The predicted octanol–water partition coefficient (Wildman–Crippen LogP) is 4.43. The number of nitrogens with zero attached hydrogens (tertiary/aromatic N) is 3. The zero-order valence-electron chi connectivity index (χ0n) is 13.9. The van der Waals surface area contributed by atoms with Crippen LogP contribution in [0.4, 0.5) is 5.69 Å². The average molecular weight is 352 g/mol. The lowest BCUT2D eigenvalue weighted by Crippen LogP contribution is -2.35. The van der Waals surface area contributed by atoms with Crippen LogP contribution in [-0.4, -0.2) is 22.2 Å². The molecule has 1 aliphatic rings. The van der Waals surface area contributed by atoms with E-state index in [0.29, 0.717) is 10.6 Å². The number of fused-ring (bicyclic) bond motifs is 1. The van der Waals surface area contributed by atoms with E-state index in [1.54, 1.807) is 17.1 Å². The first-order valence-corrected chi connectivity index (χ1v) is 8.71. The fourth-order valence-electron chi connectivity index (χ4n) is 3.29. The highest BCUT2D eigenvalue weighted by Crippen LogP contribution is 2.29. The van der Waals surface area contributed by atoms with E-state index >= 15 is 0 Å². The van der Waals surface area contributed by atoms with Gasteiger partial charge in [-0.3, -0.25) is 4.79 Å². The lowest BCUT2D eigenvalue weighted by atomic mass is 9.99. The number of anilines is 1. The van der Waals surface area contributed by atoms with Gasteiger partial charge in [-0.1, -0.05) is 35.4 Å². The van der Waals surface area contributed by atoms with Gasteiger partial charge in [-0.05, 0) is 49.6 Å². The maximum atomic E-state index is 13.0. The van der Waals surface area contributed by atoms with Crippen molar-refractivity contribution >= 4 is 23.2 Å². The van der Waals surface area contributed by atoms with Crippen molar-refractivity contribution in [3.8, 4) is 5.69 Å². The number of amides is 1. The Hall–Kier alpha value is -2.59. The zero-order chi connectivity index (χ0) is 17.4. The molecule has 1 amide bonds. The van der Waals surface area contributed by atoms with Gasteiger partial charge in [0, 0.05) is 23.5 Å². The van der Waals surface area contributed by atoms with E-state index < -0.39 is 0 Å². The van der Waals surface area contributed by atoms with Gasteiger partial charge in [0.2, 0.25) is 0 Å². The number of rotatable bonds is 2. The molecule has 0 bridgehead atoms. The van der Waals surface area contributed by atoms with Gasteiger partial charge in [0.05, 0.1) is 17.4 Å². The molecule has 0 spiro atoms. The number of hydrogen-bond donors (Lipinski definition) is 0. The van der Waals surface area contributed by atoms with Crippen molar-refractivity contribution < 1.29 is 4.79 Å². The quantitative estimate of drug-likeness (QED) is 0.685. The van der Waals surface area contributed by atoms with Crippen LogP contribution in [0.3, 0.4) is 0 Å². The molecule has 1 aliphatic heterocycles. The van der Waals surface area contributed by atoms with Gasteiger partial charge in [0.1, 0.15) is 0 Å². The first-order valence-electron chi connectivity index (χ1n) is 8.34. The van der Waals surface area contributed by atoms with Gasteiger partial charge in [0.25, 0.3) is 5.91 Å². The standard InChI is InChI=1S/C20H18ClN3O/c1-14-7-8-19-15(10-14)4-3-9-23(19)20(25)16-12-22-24(13-16)18-6-2-5-17(21)11-18/h2,5-8,10-13H,3-4,9H2,1H3. The Morgan fingerprint density at radius 2 is 2.08 bits per heavy atom. The smallest absolute Gasteiger partial charge is 0.261 e. The summed E-state index contributed by atoms with van der Waals surface area (Å²) >= 11 is 6.04.